The zero-order valence-corrected chi connectivity index (χ0v) is 25.3. The first kappa shape index (κ1) is 32.1. The summed E-state index contributed by atoms with van der Waals surface area (Å²) in [6.07, 6.45) is 16.0. The van der Waals surface area contributed by atoms with E-state index < -0.39 is 5.97 Å². The molecule has 8 heteroatoms. The van der Waals surface area contributed by atoms with Gasteiger partial charge in [-0.25, -0.2) is 4.79 Å². The van der Waals surface area contributed by atoms with Crippen LogP contribution in [-0.2, 0) is 4.79 Å². The van der Waals surface area contributed by atoms with Crippen molar-refractivity contribution >= 4 is 28.5 Å². The van der Waals surface area contributed by atoms with Crippen molar-refractivity contribution in [3.05, 3.63) is 78.0 Å². The van der Waals surface area contributed by atoms with Crippen LogP contribution in [0.3, 0.4) is 0 Å². The molecule has 1 aliphatic rings. The van der Waals surface area contributed by atoms with Gasteiger partial charge < -0.3 is 31.6 Å². The third-order valence-electron chi connectivity index (χ3n) is 8.55. The molecule has 43 heavy (non-hydrogen) atoms. The Morgan fingerprint density at radius 2 is 1.70 bits per heavy atom. The van der Waals surface area contributed by atoms with E-state index in [1.165, 1.54) is 54.5 Å². The van der Waals surface area contributed by atoms with Crippen molar-refractivity contribution in [2.75, 3.05) is 18.5 Å². The van der Waals surface area contributed by atoms with E-state index in [4.69, 9.17) is 10.8 Å². The van der Waals surface area contributed by atoms with Crippen molar-refractivity contribution in [1.82, 2.24) is 10.3 Å². The van der Waals surface area contributed by atoms with Gasteiger partial charge in [-0.2, -0.15) is 0 Å². The molecule has 4 rings (SSSR count). The Balaban J connectivity index is 1.49. The van der Waals surface area contributed by atoms with Gasteiger partial charge in [-0.1, -0.05) is 87.4 Å². The molecule has 3 aromatic rings. The van der Waals surface area contributed by atoms with Crippen LogP contribution in [-0.4, -0.2) is 52.4 Å². The van der Waals surface area contributed by atoms with Crippen molar-refractivity contribution in [3.8, 4) is 0 Å². The number of H-pyrrole nitrogens is 1. The summed E-state index contributed by atoms with van der Waals surface area (Å²) >= 11 is 0. The van der Waals surface area contributed by atoms with Crippen LogP contribution in [0, 0.1) is 0 Å². The first-order valence-electron chi connectivity index (χ1n) is 16.0. The fourth-order valence-corrected chi connectivity index (χ4v) is 6.25. The molecule has 3 atom stereocenters. The highest BCUT2D eigenvalue weighted by atomic mass is 16.4. The molecule has 0 amide bonds. The molecular formula is C35H49N5O3. The number of hydrogen-bond donors (Lipinski definition) is 6. The van der Waals surface area contributed by atoms with Crippen LogP contribution < -0.4 is 16.4 Å². The van der Waals surface area contributed by atoms with Crippen molar-refractivity contribution < 1.29 is 15.0 Å². The van der Waals surface area contributed by atoms with Crippen LogP contribution in [0.2, 0.25) is 0 Å². The molecule has 0 aliphatic carbocycles. The van der Waals surface area contributed by atoms with Gasteiger partial charge in [0.15, 0.2) is 5.96 Å². The Kier molecular flexibility index (Phi) is 13.0. The molecule has 0 saturated carbocycles. The molecule has 232 valence electrons. The lowest BCUT2D eigenvalue weighted by atomic mass is 9.84. The molecule has 0 bridgehead atoms. The van der Waals surface area contributed by atoms with Crippen LogP contribution in [0.4, 0.5) is 5.82 Å². The van der Waals surface area contributed by atoms with E-state index in [9.17, 15) is 9.90 Å². The van der Waals surface area contributed by atoms with Gasteiger partial charge >= 0.3 is 5.97 Å². The van der Waals surface area contributed by atoms with Gasteiger partial charge in [-0.3, -0.25) is 4.99 Å². The highest BCUT2D eigenvalue weighted by molar-refractivity contribution is 5.84. The van der Waals surface area contributed by atoms with Crippen LogP contribution in [0.1, 0.15) is 88.5 Å². The first-order valence-corrected chi connectivity index (χ1v) is 16.0. The van der Waals surface area contributed by atoms with Gasteiger partial charge in [0.1, 0.15) is 5.82 Å². The number of aliphatic imine (C=N–C) groups is 1. The van der Waals surface area contributed by atoms with Gasteiger partial charge in [-0.05, 0) is 72.1 Å². The molecule has 2 heterocycles. The molecule has 1 aromatic heterocycles. The normalized spacial score (nSPS) is 16.8. The zero-order valence-electron chi connectivity index (χ0n) is 25.3. The third-order valence-corrected chi connectivity index (χ3v) is 8.55. The largest absolute Gasteiger partial charge is 0.478 e. The van der Waals surface area contributed by atoms with E-state index >= 15 is 0 Å². The summed E-state index contributed by atoms with van der Waals surface area (Å²) in [4.78, 5) is 19.5. The smallest absolute Gasteiger partial charge is 0.328 e. The number of aromatic amines is 1. The number of aliphatic hydroxyl groups excluding tert-OH is 1. The van der Waals surface area contributed by atoms with E-state index in [0.717, 1.165) is 49.9 Å². The lowest BCUT2D eigenvalue weighted by Gasteiger charge is -2.32. The molecular weight excluding hydrogens is 538 g/mol. The third kappa shape index (κ3) is 10.5. The van der Waals surface area contributed by atoms with Crippen LogP contribution in [0.15, 0.2) is 77.4 Å². The van der Waals surface area contributed by atoms with Crippen molar-refractivity contribution in [2.24, 2.45) is 10.7 Å². The summed E-state index contributed by atoms with van der Waals surface area (Å²) in [6, 6.07) is 18.9. The Labute approximate surface area is 255 Å². The molecule has 8 nitrogen and oxygen atoms in total. The molecule has 3 unspecified atom stereocenters. The number of aliphatic hydroxyl groups is 1. The number of carboxylic acids is 1. The highest BCUT2D eigenvalue weighted by Gasteiger charge is 2.27. The van der Waals surface area contributed by atoms with Gasteiger partial charge in [0.2, 0.25) is 0 Å². The fourth-order valence-electron chi connectivity index (χ4n) is 6.25. The van der Waals surface area contributed by atoms with Crippen LogP contribution in [0.25, 0.3) is 10.8 Å². The van der Waals surface area contributed by atoms with Crippen molar-refractivity contribution in [2.45, 2.75) is 95.1 Å². The SMILES string of the molecule is NC1=NCCC(C(=CC(=O)O)C(CCC(CCCCCCCCCCO)c2ccc3ccccc3c2)Nc2ccc[nH]2)N1. The monoisotopic (exact) mass is 587 g/mol. The number of hydrogen-bond acceptors (Lipinski definition) is 6. The maximum absolute atomic E-state index is 12.0. The van der Waals surface area contributed by atoms with Crippen molar-refractivity contribution in [1.29, 1.82) is 0 Å². The minimum absolute atomic E-state index is 0.194. The molecule has 0 radical (unpaired) electrons. The maximum atomic E-state index is 12.0. The number of nitrogens with one attached hydrogen (secondary N) is 3. The van der Waals surface area contributed by atoms with E-state index in [-0.39, 0.29) is 12.1 Å². The number of guanidine groups is 1. The minimum atomic E-state index is -0.960. The van der Waals surface area contributed by atoms with E-state index in [1.807, 2.05) is 18.3 Å². The number of unbranched alkanes of at least 4 members (excludes halogenated alkanes) is 7. The second-order valence-electron chi connectivity index (χ2n) is 11.7. The highest BCUT2D eigenvalue weighted by Crippen LogP contribution is 2.33. The number of nitrogens with zero attached hydrogens (tertiary/aromatic N) is 1. The lowest BCUT2D eigenvalue weighted by molar-refractivity contribution is -0.131. The van der Waals surface area contributed by atoms with Crippen LogP contribution in [0.5, 0.6) is 0 Å². The quantitative estimate of drug-likeness (QED) is 0.0682. The molecule has 0 fully saturated rings. The number of carbonyl (C=O) groups is 1. The number of anilines is 1. The average Bonchev–Trinajstić information content (AvgIpc) is 3.53. The summed E-state index contributed by atoms with van der Waals surface area (Å²) in [5.41, 5.74) is 8.16. The zero-order chi connectivity index (χ0) is 30.3. The summed E-state index contributed by atoms with van der Waals surface area (Å²) < 4.78 is 0. The van der Waals surface area contributed by atoms with Crippen LogP contribution >= 0.6 is 0 Å². The molecule has 7 N–H and O–H groups in total. The Morgan fingerprint density at radius 1 is 0.953 bits per heavy atom. The Bertz CT molecular complexity index is 1320. The molecule has 0 spiro atoms. The molecule has 2 aromatic carbocycles. The summed E-state index contributed by atoms with van der Waals surface area (Å²) in [6.45, 7) is 0.863. The van der Waals surface area contributed by atoms with E-state index in [2.05, 4.69) is 63.1 Å². The Morgan fingerprint density at radius 3 is 2.40 bits per heavy atom. The lowest BCUT2D eigenvalue weighted by Crippen LogP contribution is -2.48. The van der Waals surface area contributed by atoms with E-state index in [1.54, 1.807) is 0 Å². The van der Waals surface area contributed by atoms with Gasteiger partial charge in [0.05, 0.1) is 12.1 Å². The molecule has 0 saturated heterocycles. The van der Waals surface area contributed by atoms with Gasteiger partial charge in [0.25, 0.3) is 0 Å². The number of fused-ring (bicyclic) bond motifs is 1. The Hall–Kier alpha value is -3.78. The minimum Gasteiger partial charge on any atom is -0.478 e. The number of aromatic nitrogens is 1. The number of aliphatic carboxylic acids is 1. The summed E-state index contributed by atoms with van der Waals surface area (Å²) in [5, 5.41) is 28.1. The fraction of sp³-hybridized carbons (Fsp3) is 0.486. The average molecular weight is 588 g/mol. The number of rotatable bonds is 19. The number of benzene rings is 2. The van der Waals surface area contributed by atoms with Crippen molar-refractivity contribution in [3.63, 3.8) is 0 Å². The first-order chi connectivity index (χ1) is 21.0. The maximum Gasteiger partial charge on any atom is 0.328 e. The summed E-state index contributed by atoms with van der Waals surface area (Å²) in [5.74, 6) is 0.617. The standard InChI is InChI=1S/C35H49N5O3/c36-35-38-22-20-32(40-35)30(25-34(42)43)31(39-33-15-11-21-37-33)19-18-27(12-7-5-3-1-2-4-6-10-23-41)29-17-16-26-13-8-9-14-28(26)24-29/h8-9,11,13-17,21,24-25,27,31-32,37,39,41H,1-7,10,12,18-20,22-23H2,(H,42,43)(H3,36,38,40). The molecule has 1 aliphatic heterocycles. The number of carboxylic acid groups (broad SMARTS) is 1. The summed E-state index contributed by atoms with van der Waals surface area (Å²) in [7, 11) is 0. The number of nitrogens with two attached hydrogens (primary N) is 1. The van der Waals surface area contributed by atoms with Gasteiger partial charge in [-0.15, -0.1) is 0 Å². The second kappa shape index (κ2) is 17.4. The second-order valence-corrected chi connectivity index (χ2v) is 11.7. The predicted molar refractivity (Wildman–Crippen MR) is 177 cm³/mol. The predicted octanol–water partition coefficient (Wildman–Crippen LogP) is 6.70. The topological polar surface area (TPSA) is 136 Å². The van der Waals surface area contributed by atoms with E-state index in [0.29, 0.717) is 31.4 Å². The van der Waals surface area contributed by atoms with Gasteiger partial charge in [0, 0.05) is 25.4 Å².